The fourth-order valence-electron chi connectivity index (χ4n) is 3.58. The van der Waals surface area contributed by atoms with Gasteiger partial charge in [0.05, 0.1) is 12.0 Å². The monoisotopic (exact) mass is 248 g/mol. The Morgan fingerprint density at radius 1 is 1.47 bits per heavy atom. The number of carbonyl (C=O) groups excluding carboxylic acids is 1. The number of halogens is 2. The number of alkyl halides is 2. The lowest BCUT2D eigenvalue weighted by Gasteiger charge is -2.32. The van der Waals surface area contributed by atoms with Crippen LogP contribution in [0.2, 0.25) is 0 Å². The van der Waals surface area contributed by atoms with Crippen molar-refractivity contribution in [1.29, 1.82) is 0 Å². The highest BCUT2D eigenvalue weighted by molar-refractivity contribution is 5.67. The second-order valence-electron chi connectivity index (χ2n) is 5.39. The van der Waals surface area contributed by atoms with Gasteiger partial charge in [-0.25, -0.2) is 8.78 Å². The normalized spacial score (nSPS) is 54.1. The van der Waals surface area contributed by atoms with E-state index in [4.69, 9.17) is 9.47 Å². The molecule has 3 rings (SSSR count). The highest BCUT2D eigenvalue weighted by Crippen LogP contribution is 2.73. The van der Waals surface area contributed by atoms with Crippen LogP contribution in [0.5, 0.6) is 0 Å². The molecule has 0 aromatic heterocycles. The van der Waals surface area contributed by atoms with Gasteiger partial charge in [0, 0.05) is 19.8 Å². The molecular formula is C11H14F2O4. The minimum atomic E-state index is -3.12. The van der Waals surface area contributed by atoms with Gasteiger partial charge < -0.3 is 14.6 Å². The van der Waals surface area contributed by atoms with Crippen LogP contribution in [0.3, 0.4) is 0 Å². The number of carbonyl (C=O) groups is 1. The molecule has 17 heavy (non-hydrogen) atoms. The molecule has 5 atom stereocenters. The summed E-state index contributed by atoms with van der Waals surface area (Å²) in [5.74, 6) is -4.79. The maximum absolute atomic E-state index is 13.4. The first kappa shape index (κ1) is 11.3. The average Bonchev–Trinajstić information content (AvgIpc) is 2.47. The lowest BCUT2D eigenvalue weighted by molar-refractivity contribution is -0.179. The molecule has 1 N–H and O–H groups in total. The Morgan fingerprint density at radius 3 is 2.71 bits per heavy atom. The molecule has 1 saturated heterocycles. The van der Waals surface area contributed by atoms with Crippen LogP contribution in [-0.4, -0.2) is 40.4 Å². The van der Waals surface area contributed by atoms with Gasteiger partial charge in [0.15, 0.2) is 5.60 Å². The molecule has 0 aromatic carbocycles. The topological polar surface area (TPSA) is 55.8 Å². The van der Waals surface area contributed by atoms with E-state index < -0.39 is 35.1 Å². The molecule has 0 unspecified atom stereocenters. The van der Waals surface area contributed by atoms with Crippen LogP contribution in [0.15, 0.2) is 0 Å². The van der Waals surface area contributed by atoms with E-state index in [0.29, 0.717) is 6.42 Å². The lowest BCUT2D eigenvalue weighted by atomic mass is 9.90. The largest absolute Gasteiger partial charge is 0.456 e. The second-order valence-corrected chi connectivity index (χ2v) is 5.39. The Morgan fingerprint density at radius 2 is 2.12 bits per heavy atom. The number of ether oxygens (including phenoxy) is 2. The minimum Gasteiger partial charge on any atom is -0.456 e. The molecule has 6 heteroatoms. The Hall–Kier alpha value is -0.750. The number of fused-ring (bicyclic) bond motifs is 3. The van der Waals surface area contributed by atoms with E-state index >= 15 is 0 Å². The van der Waals surface area contributed by atoms with E-state index in [0.717, 1.165) is 0 Å². The molecule has 0 aromatic rings. The number of hydrogen-bond acceptors (Lipinski definition) is 4. The van der Waals surface area contributed by atoms with Crippen LogP contribution in [0.4, 0.5) is 8.78 Å². The van der Waals surface area contributed by atoms with E-state index in [9.17, 15) is 18.7 Å². The van der Waals surface area contributed by atoms with Crippen molar-refractivity contribution < 1.29 is 28.2 Å². The zero-order valence-electron chi connectivity index (χ0n) is 9.57. The molecule has 3 fully saturated rings. The Labute approximate surface area is 96.9 Å². The molecule has 4 nitrogen and oxygen atoms in total. The molecule has 1 heterocycles. The zero-order valence-corrected chi connectivity index (χ0v) is 9.57. The number of hydrogen-bond donors (Lipinski definition) is 1. The molecule has 1 aliphatic heterocycles. The fraction of sp³-hybridized carbons (Fsp3) is 0.909. The summed E-state index contributed by atoms with van der Waals surface area (Å²) in [6.07, 6.45) is -1.05. The van der Waals surface area contributed by atoms with Gasteiger partial charge in [0.1, 0.15) is 11.7 Å². The second kappa shape index (κ2) is 2.80. The molecule has 96 valence electrons. The van der Waals surface area contributed by atoms with E-state index in [1.807, 2.05) is 0 Å². The number of aliphatic hydroxyl groups is 1. The maximum atomic E-state index is 13.4. The van der Waals surface area contributed by atoms with Crippen LogP contribution in [-0.2, 0) is 14.3 Å². The van der Waals surface area contributed by atoms with Crippen molar-refractivity contribution in [3.63, 3.8) is 0 Å². The molecule has 2 saturated carbocycles. The van der Waals surface area contributed by atoms with E-state index in [1.165, 1.54) is 6.92 Å². The van der Waals surface area contributed by atoms with Crippen molar-refractivity contribution >= 4 is 5.97 Å². The van der Waals surface area contributed by atoms with Gasteiger partial charge in [-0.3, -0.25) is 4.79 Å². The first-order valence-corrected chi connectivity index (χ1v) is 5.69. The van der Waals surface area contributed by atoms with Crippen molar-refractivity contribution in [1.82, 2.24) is 0 Å². The van der Waals surface area contributed by atoms with E-state index in [-0.39, 0.29) is 12.5 Å². The molecule has 2 aliphatic carbocycles. The standard InChI is InChI=1S/C11H14F2O4/c1-5-3-9(17-6(2)14)4-7-10(15,8(9)16-5)11(7,12)13/h5,7-8,15H,3-4H2,1-2H3/t5-,7-,8-,9+,10+/m0/s1. The first-order valence-electron chi connectivity index (χ1n) is 5.69. The summed E-state index contributed by atoms with van der Waals surface area (Å²) in [5.41, 5.74) is -3.21. The van der Waals surface area contributed by atoms with Gasteiger partial charge in [-0.05, 0) is 6.92 Å². The maximum Gasteiger partial charge on any atom is 0.303 e. The summed E-state index contributed by atoms with van der Waals surface area (Å²) in [7, 11) is 0. The summed E-state index contributed by atoms with van der Waals surface area (Å²) in [6, 6.07) is 0. The quantitative estimate of drug-likeness (QED) is 0.699. The van der Waals surface area contributed by atoms with Crippen LogP contribution in [0, 0.1) is 5.92 Å². The molecule has 0 bridgehead atoms. The van der Waals surface area contributed by atoms with Gasteiger partial charge in [0.25, 0.3) is 5.92 Å². The number of rotatable bonds is 1. The van der Waals surface area contributed by atoms with Crippen LogP contribution in [0.25, 0.3) is 0 Å². The van der Waals surface area contributed by atoms with Crippen LogP contribution in [0.1, 0.15) is 26.7 Å². The molecule has 0 radical (unpaired) electrons. The van der Waals surface area contributed by atoms with Gasteiger partial charge in [-0.1, -0.05) is 0 Å². The summed E-state index contributed by atoms with van der Waals surface area (Å²) < 4.78 is 37.4. The third kappa shape index (κ3) is 1.10. The first-order chi connectivity index (χ1) is 7.74. The molecule has 3 aliphatic rings. The van der Waals surface area contributed by atoms with Crippen LogP contribution < -0.4 is 0 Å². The van der Waals surface area contributed by atoms with Crippen LogP contribution >= 0.6 is 0 Å². The van der Waals surface area contributed by atoms with Crippen molar-refractivity contribution in [2.24, 2.45) is 5.92 Å². The zero-order chi connectivity index (χ0) is 12.6. The predicted octanol–water partition coefficient (Wildman–Crippen LogP) is 0.866. The van der Waals surface area contributed by atoms with Gasteiger partial charge >= 0.3 is 5.97 Å². The van der Waals surface area contributed by atoms with Gasteiger partial charge in [-0.2, -0.15) is 0 Å². The highest BCUT2D eigenvalue weighted by Gasteiger charge is 2.93. The average molecular weight is 248 g/mol. The van der Waals surface area contributed by atoms with Crippen molar-refractivity contribution in [2.45, 2.75) is 56.0 Å². The third-order valence-electron chi connectivity index (χ3n) is 4.20. The minimum absolute atomic E-state index is 0.0227. The Bertz CT molecular complexity index is 399. The van der Waals surface area contributed by atoms with Gasteiger partial charge in [0.2, 0.25) is 0 Å². The summed E-state index contributed by atoms with van der Waals surface area (Å²) in [6.45, 7) is 2.96. The van der Waals surface area contributed by atoms with E-state index in [1.54, 1.807) is 6.92 Å². The summed E-state index contributed by atoms with van der Waals surface area (Å²) in [4.78, 5) is 11.1. The lowest BCUT2D eigenvalue weighted by Crippen LogP contribution is -2.49. The fourth-order valence-corrected chi connectivity index (χ4v) is 3.58. The summed E-state index contributed by atoms with van der Waals surface area (Å²) >= 11 is 0. The third-order valence-corrected chi connectivity index (χ3v) is 4.20. The Kier molecular flexibility index (Phi) is 1.87. The van der Waals surface area contributed by atoms with Crippen molar-refractivity contribution in [3.8, 4) is 0 Å². The molecular weight excluding hydrogens is 234 g/mol. The highest BCUT2D eigenvalue weighted by atomic mass is 19.3. The van der Waals surface area contributed by atoms with Crippen molar-refractivity contribution in [3.05, 3.63) is 0 Å². The van der Waals surface area contributed by atoms with E-state index in [2.05, 4.69) is 0 Å². The molecule has 0 amide bonds. The Balaban J connectivity index is 1.94. The molecule has 0 spiro atoms. The predicted molar refractivity (Wildman–Crippen MR) is 51.5 cm³/mol. The number of esters is 1. The van der Waals surface area contributed by atoms with Gasteiger partial charge in [-0.15, -0.1) is 0 Å². The SMILES string of the molecule is CC(=O)O[C@]12C[C@@H]3C(F)(F)[C@]3(O)[C@H]1O[C@@H](C)C2. The van der Waals surface area contributed by atoms with Crippen molar-refractivity contribution in [2.75, 3.05) is 0 Å². The summed E-state index contributed by atoms with van der Waals surface area (Å²) in [5, 5.41) is 10.00. The smallest absolute Gasteiger partial charge is 0.303 e.